The van der Waals surface area contributed by atoms with Gasteiger partial charge in [-0.3, -0.25) is 0 Å². The van der Waals surface area contributed by atoms with Gasteiger partial charge < -0.3 is 10.1 Å². The Morgan fingerprint density at radius 3 is 2.62 bits per heavy atom. The predicted octanol–water partition coefficient (Wildman–Crippen LogP) is 4.51. The minimum absolute atomic E-state index is 0.695. The molecule has 3 nitrogen and oxygen atoms in total. The van der Waals surface area contributed by atoms with Crippen molar-refractivity contribution < 1.29 is 4.74 Å². The summed E-state index contributed by atoms with van der Waals surface area (Å²) in [6.45, 7) is 0.695. The summed E-state index contributed by atoms with van der Waals surface area (Å²) in [6, 6.07) is 15.7. The molecule has 0 amide bonds. The third-order valence-electron chi connectivity index (χ3n) is 3.36. The first kappa shape index (κ1) is 13.7. The lowest BCUT2D eigenvalue weighted by Gasteiger charge is -2.11. The molecule has 0 aliphatic rings. The highest BCUT2D eigenvalue weighted by Crippen LogP contribution is 2.29. The first-order valence-corrected chi connectivity index (χ1v) is 7.06. The summed E-state index contributed by atoms with van der Waals surface area (Å²) < 4.78 is 5.39. The molecule has 0 aliphatic heterocycles. The SMILES string of the molecule is COc1cccc2c(NCc3ccc(Cl)cc3)nccc12. The second-order valence-electron chi connectivity index (χ2n) is 4.69. The Morgan fingerprint density at radius 2 is 1.86 bits per heavy atom. The topological polar surface area (TPSA) is 34.1 Å². The van der Waals surface area contributed by atoms with E-state index in [9.17, 15) is 0 Å². The zero-order chi connectivity index (χ0) is 14.7. The van der Waals surface area contributed by atoms with E-state index in [0.717, 1.165) is 32.9 Å². The summed E-state index contributed by atoms with van der Waals surface area (Å²) in [5, 5.41) is 6.20. The number of benzene rings is 2. The van der Waals surface area contributed by atoms with Gasteiger partial charge in [0, 0.05) is 28.5 Å². The molecule has 0 radical (unpaired) electrons. The molecule has 0 spiro atoms. The van der Waals surface area contributed by atoms with Crippen LogP contribution in [0.4, 0.5) is 5.82 Å². The van der Waals surface area contributed by atoms with E-state index < -0.39 is 0 Å². The monoisotopic (exact) mass is 298 g/mol. The van der Waals surface area contributed by atoms with Crippen LogP contribution in [0.2, 0.25) is 5.02 Å². The average Bonchev–Trinajstić information content (AvgIpc) is 2.53. The number of hydrogen-bond acceptors (Lipinski definition) is 3. The molecule has 0 saturated carbocycles. The standard InChI is InChI=1S/C17H15ClN2O/c1-21-16-4-2-3-15-14(16)9-10-19-17(15)20-11-12-5-7-13(18)8-6-12/h2-10H,11H2,1H3,(H,19,20). The number of anilines is 1. The number of rotatable bonds is 4. The Morgan fingerprint density at radius 1 is 1.05 bits per heavy atom. The number of hydrogen-bond donors (Lipinski definition) is 1. The van der Waals surface area contributed by atoms with Crippen molar-refractivity contribution in [1.29, 1.82) is 0 Å². The molecule has 0 bridgehead atoms. The van der Waals surface area contributed by atoms with Gasteiger partial charge in [-0.2, -0.15) is 0 Å². The van der Waals surface area contributed by atoms with Crippen LogP contribution < -0.4 is 10.1 Å². The fraction of sp³-hybridized carbons (Fsp3) is 0.118. The lowest BCUT2D eigenvalue weighted by Crippen LogP contribution is -2.02. The molecule has 0 aliphatic carbocycles. The van der Waals surface area contributed by atoms with Gasteiger partial charge in [-0.15, -0.1) is 0 Å². The molecule has 0 atom stereocenters. The zero-order valence-corrected chi connectivity index (χ0v) is 12.4. The molecule has 3 rings (SSSR count). The zero-order valence-electron chi connectivity index (χ0n) is 11.6. The van der Waals surface area contributed by atoms with Gasteiger partial charge >= 0.3 is 0 Å². The Balaban J connectivity index is 1.88. The number of fused-ring (bicyclic) bond motifs is 1. The Kier molecular flexibility index (Phi) is 3.93. The van der Waals surface area contributed by atoms with Gasteiger partial charge in [0.1, 0.15) is 11.6 Å². The van der Waals surface area contributed by atoms with E-state index in [0.29, 0.717) is 6.54 Å². The fourth-order valence-corrected chi connectivity index (χ4v) is 2.41. The second-order valence-corrected chi connectivity index (χ2v) is 5.13. The van der Waals surface area contributed by atoms with E-state index in [-0.39, 0.29) is 0 Å². The summed E-state index contributed by atoms with van der Waals surface area (Å²) in [7, 11) is 1.68. The Hall–Kier alpha value is -2.26. The fourth-order valence-electron chi connectivity index (χ4n) is 2.29. The van der Waals surface area contributed by atoms with Crippen LogP contribution in [-0.2, 0) is 6.54 Å². The normalized spacial score (nSPS) is 10.6. The van der Waals surface area contributed by atoms with Crippen molar-refractivity contribution in [2.45, 2.75) is 6.54 Å². The van der Waals surface area contributed by atoms with Crippen molar-refractivity contribution in [2.24, 2.45) is 0 Å². The van der Waals surface area contributed by atoms with Gasteiger partial charge in [0.05, 0.1) is 7.11 Å². The molecule has 21 heavy (non-hydrogen) atoms. The molecule has 1 N–H and O–H groups in total. The smallest absolute Gasteiger partial charge is 0.134 e. The van der Waals surface area contributed by atoms with Crippen LogP contribution >= 0.6 is 11.6 Å². The van der Waals surface area contributed by atoms with Gasteiger partial charge in [-0.05, 0) is 29.8 Å². The first-order chi connectivity index (χ1) is 10.3. The molecule has 0 fully saturated rings. The third-order valence-corrected chi connectivity index (χ3v) is 3.61. The van der Waals surface area contributed by atoms with Crippen LogP contribution in [-0.4, -0.2) is 12.1 Å². The van der Waals surface area contributed by atoms with Crippen molar-refractivity contribution in [3.8, 4) is 5.75 Å². The lowest BCUT2D eigenvalue weighted by atomic mass is 10.1. The summed E-state index contributed by atoms with van der Waals surface area (Å²) in [4.78, 5) is 4.42. The molecule has 106 valence electrons. The van der Waals surface area contributed by atoms with E-state index in [1.807, 2.05) is 48.5 Å². The first-order valence-electron chi connectivity index (χ1n) is 6.68. The van der Waals surface area contributed by atoms with Crippen LogP contribution in [0.1, 0.15) is 5.56 Å². The van der Waals surface area contributed by atoms with Crippen molar-refractivity contribution in [1.82, 2.24) is 4.98 Å². The van der Waals surface area contributed by atoms with Crippen molar-refractivity contribution in [3.05, 3.63) is 65.3 Å². The van der Waals surface area contributed by atoms with E-state index in [1.54, 1.807) is 13.3 Å². The molecule has 1 aromatic heterocycles. The van der Waals surface area contributed by atoms with Gasteiger partial charge in [-0.1, -0.05) is 35.9 Å². The van der Waals surface area contributed by atoms with E-state index in [2.05, 4.69) is 10.3 Å². The number of ether oxygens (including phenoxy) is 1. The highest BCUT2D eigenvalue weighted by Gasteiger charge is 2.06. The number of methoxy groups -OCH3 is 1. The molecule has 0 saturated heterocycles. The van der Waals surface area contributed by atoms with E-state index in [1.165, 1.54) is 0 Å². The van der Waals surface area contributed by atoms with Crippen LogP contribution in [0, 0.1) is 0 Å². The third kappa shape index (κ3) is 2.93. The summed E-state index contributed by atoms with van der Waals surface area (Å²) in [6.07, 6.45) is 1.79. The maximum absolute atomic E-state index is 5.89. The number of nitrogens with zero attached hydrogens (tertiary/aromatic N) is 1. The highest BCUT2D eigenvalue weighted by atomic mass is 35.5. The summed E-state index contributed by atoms with van der Waals surface area (Å²) in [5.74, 6) is 1.70. The number of pyridine rings is 1. The molecular weight excluding hydrogens is 284 g/mol. The van der Waals surface area contributed by atoms with Crippen molar-refractivity contribution in [2.75, 3.05) is 12.4 Å². The minimum atomic E-state index is 0.695. The number of aromatic nitrogens is 1. The van der Waals surface area contributed by atoms with Crippen LogP contribution in [0.3, 0.4) is 0 Å². The number of nitrogens with one attached hydrogen (secondary N) is 1. The maximum Gasteiger partial charge on any atom is 0.134 e. The molecular formula is C17H15ClN2O. The van der Waals surface area contributed by atoms with Crippen LogP contribution in [0.15, 0.2) is 54.7 Å². The average molecular weight is 299 g/mol. The maximum atomic E-state index is 5.89. The second kappa shape index (κ2) is 6.02. The molecule has 3 aromatic rings. The molecule has 4 heteroatoms. The molecule has 0 unspecified atom stereocenters. The highest BCUT2D eigenvalue weighted by molar-refractivity contribution is 6.30. The van der Waals surface area contributed by atoms with E-state index >= 15 is 0 Å². The molecule has 2 aromatic carbocycles. The summed E-state index contributed by atoms with van der Waals surface area (Å²) in [5.41, 5.74) is 1.15. The summed E-state index contributed by atoms with van der Waals surface area (Å²) >= 11 is 5.89. The van der Waals surface area contributed by atoms with Gasteiger partial charge in [-0.25, -0.2) is 4.98 Å². The Labute approximate surface area is 128 Å². The van der Waals surface area contributed by atoms with Crippen molar-refractivity contribution >= 4 is 28.2 Å². The number of halogens is 1. The molecule has 1 heterocycles. The van der Waals surface area contributed by atoms with E-state index in [4.69, 9.17) is 16.3 Å². The minimum Gasteiger partial charge on any atom is -0.496 e. The van der Waals surface area contributed by atoms with Gasteiger partial charge in [0.2, 0.25) is 0 Å². The van der Waals surface area contributed by atoms with Gasteiger partial charge in [0.25, 0.3) is 0 Å². The largest absolute Gasteiger partial charge is 0.496 e. The van der Waals surface area contributed by atoms with Crippen LogP contribution in [0.5, 0.6) is 5.75 Å². The van der Waals surface area contributed by atoms with Crippen LogP contribution in [0.25, 0.3) is 10.8 Å². The lowest BCUT2D eigenvalue weighted by molar-refractivity contribution is 0.420. The predicted molar refractivity (Wildman–Crippen MR) is 87.1 cm³/mol. The quantitative estimate of drug-likeness (QED) is 0.769. The van der Waals surface area contributed by atoms with Crippen molar-refractivity contribution in [3.63, 3.8) is 0 Å². The Bertz CT molecular complexity index is 756. The van der Waals surface area contributed by atoms with Gasteiger partial charge in [0.15, 0.2) is 0 Å².